The van der Waals surface area contributed by atoms with Gasteiger partial charge in [0.15, 0.2) is 13.2 Å². The average Bonchev–Trinajstić information content (AvgIpc) is 2.91. The highest BCUT2D eigenvalue weighted by molar-refractivity contribution is 5.83. The number of carbonyl (C=O) groups is 2. The van der Waals surface area contributed by atoms with Gasteiger partial charge in [-0.3, -0.25) is 20.4 Å². The zero-order chi connectivity index (χ0) is 23.6. The first kappa shape index (κ1) is 22.6. The first-order valence-electron chi connectivity index (χ1n) is 10.8. The molecule has 0 radical (unpaired) electrons. The molecule has 0 heterocycles. The van der Waals surface area contributed by atoms with Crippen LogP contribution in [0.2, 0.25) is 0 Å². The Balaban J connectivity index is 1.21. The third-order valence-corrected chi connectivity index (χ3v) is 5.00. The van der Waals surface area contributed by atoms with Gasteiger partial charge in [0.2, 0.25) is 0 Å². The van der Waals surface area contributed by atoms with E-state index in [1.54, 1.807) is 18.2 Å². The molecular formula is C28H24N2O4. The fourth-order valence-corrected chi connectivity index (χ4v) is 3.33. The molecule has 0 unspecified atom stereocenters. The zero-order valence-electron chi connectivity index (χ0n) is 18.4. The van der Waals surface area contributed by atoms with E-state index in [0.29, 0.717) is 11.5 Å². The van der Waals surface area contributed by atoms with Crippen LogP contribution in [0.25, 0.3) is 22.3 Å². The lowest BCUT2D eigenvalue weighted by atomic mass is 10.1. The summed E-state index contributed by atoms with van der Waals surface area (Å²) in [7, 11) is 0. The minimum absolute atomic E-state index is 0.233. The van der Waals surface area contributed by atoms with Crippen LogP contribution >= 0.6 is 0 Å². The highest BCUT2D eigenvalue weighted by Crippen LogP contribution is 2.29. The Kier molecular flexibility index (Phi) is 7.54. The molecule has 4 rings (SSSR count). The van der Waals surface area contributed by atoms with Gasteiger partial charge in [-0.25, -0.2) is 0 Å². The average molecular weight is 453 g/mol. The summed E-state index contributed by atoms with van der Waals surface area (Å²) in [6, 6.07) is 34.6. The molecule has 0 saturated heterocycles. The van der Waals surface area contributed by atoms with Gasteiger partial charge in [0.25, 0.3) is 11.8 Å². The van der Waals surface area contributed by atoms with Crippen LogP contribution < -0.4 is 20.3 Å². The maximum atomic E-state index is 12.1. The monoisotopic (exact) mass is 452 g/mol. The fourth-order valence-electron chi connectivity index (χ4n) is 3.33. The second-order valence-electron chi connectivity index (χ2n) is 7.43. The van der Waals surface area contributed by atoms with E-state index < -0.39 is 11.8 Å². The Hall–Kier alpha value is -4.58. The van der Waals surface area contributed by atoms with Gasteiger partial charge in [-0.1, -0.05) is 91.0 Å². The summed E-state index contributed by atoms with van der Waals surface area (Å²) in [5, 5.41) is 0. The van der Waals surface area contributed by atoms with Crippen LogP contribution in [0.5, 0.6) is 11.5 Å². The Morgan fingerprint density at radius 3 is 1.68 bits per heavy atom. The van der Waals surface area contributed by atoms with Crippen LogP contribution in [0.4, 0.5) is 0 Å². The minimum Gasteiger partial charge on any atom is -0.484 e. The molecule has 0 aliphatic heterocycles. The van der Waals surface area contributed by atoms with Crippen molar-refractivity contribution in [2.75, 3.05) is 13.2 Å². The molecule has 0 atom stereocenters. The van der Waals surface area contributed by atoms with Crippen LogP contribution in [0.15, 0.2) is 109 Å². The lowest BCUT2D eigenvalue weighted by Gasteiger charge is -2.12. The van der Waals surface area contributed by atoms with Crippen LogP contribution in [0.3, 0.4) is 0 Å². The van der Waals surface area contributed by atoms with E-state index in [-0.39, 0.29) is 13.2 Å². The third-order valence-electron chi connectivity index (χ3n) is 5.00. The van der Waals surface area contributed by atoms with E-state index in [2.05, 4.69) is 10.9 Å². The summed E-state index contributed by atoms with van der Waals surface area (Å²) < 4.78 is 11.2. The van der Waals surface area contributed by atoms with Gasteiger partial charge in [-0.2, -0.15) is 0 Å². The number of hydrogen-bond acceptors (Lipinski definition) is 4. The first-order chi connectivity index (χ1) is 16.7. The number of carbonyl (C=O) groups excluding carboxylic acids is 2. The molecule has 2 amide bonds. The van der Waals surface area contributed by atoms with Gasteiger partial charge in [0.1, 0.15) is 11.5 Å². The molecule has 0 aliphatic carbocycles. The molecule has 34 heavy (non-hydrogen) atoms. The zero-order valence-corrected chi connectivity index (χ0v) is 18.4. The molecule has 0 fully saturated rings. The van der Waals surface area contributed by atoms with Crippen molar-refractivity contribution in [3.8, 4) is 33.8 Å². The highest BCUT2D eigenvalue weighted by atomic mass is 16.5. The van der Waals surface area contributed by atoms with Crippen molar-refractivity contribution >= 4 is 11.8 Å². The maximum absolute atomic E-state index is 12.1. The Morgan fingerprint density at radius 2 is 1.03 bits per heavy atom. The van der Waals surface area contributed by atoms with Gasteiger partial charge < -0.3 is 9.47 Å². The van der Waals surface area contributed by atoms with Gasteiger partial charge in [0, 0.05) is 5.56 Å². The molecule has 0 spiro atoms. The quantitative estimate of drug-likeness (QED) is 0.382. The summed E-state index contributed by atoms with van der Waals surface area (Å²) in [5.41, 5.74) is 8.69. The van der Waals surface area contributed by atoms with Crippen molar-refractivity contribution in [2.24, 2.45) is 0 Å². The van der Waals surface area contributed by atoms with E-state index in [1.807, 2.05) is 91.0 Å². The normalized spacial score (nSPS) is 10.2. The Bertz CT molecular complexity index is 1230. The number of para-hydroxylation sites is 1. The summed E-state index contributed by atoms with van der Waals surface area (Å²) in [5.74, 6) is 0.174. The van der Waals surface area contributed by atoms with E-state index >= 15 is 0 Å². The molecular weight excluding hydrogens is 428 g/mol. The number of benzene rings is 4. The van der Waals surface area contributed by atoms with Crippen molar-refractivity contribution in [1.29, 1.82) is 0 Å². The van der Waals surface area contributed by atoms with Crippen molar-refractivity contribution in [1.82, 2.24) is 10.9 Å². The summed E-state index contributed by atoms with van der Waals surface area (Å²) >= 11 is 0. The molecule has 0 bridgehead atoms. The lowest BCUT2D eigenvalue weighted by Crippen LogP contribution is -2.45. The van der Waals surface area contributed by atoms with Crippen molar-refractivity contribution in [2.45, 2.75) is 0 Å². The molecule has 0 saturated carbocycles. The van der Waals surface area contributed by atoms with Gasteiger partial charge in [-0.05, 0) is 34.9 Å². The molecule has 2 N–H and O–H groups in total. The van der Waals surface area contributed by atoms with Gasteiger partial charge >= 0.3 is 0 Å². The van der Waals surface area contributed by atoms with Crippen molar-refractivity contribution < 1.29 is 19.1 Å². The second kappa shape index (κ2) is 11.3. The van der Waals surface area contributed by atoms with E-state index in [0.717, 1.165) is 22.3 Å². The molecule has 4 aromatic rings. The second-order valence-corrected chi connectivity index (χ2v) is 7.43. The highest BCUT2D eigenvalue weighted by Gasteiger charge is 2.10. The molecule has 6 heteroatoms. The van der Waals surface area contributed by atoms with Crippen molar-refractivity contribution in [3.63, 3.8) is 0 Å². The SMILES string of the molecule is O=C(COc1ccc(-c2ccccc2)cc1)NNC(=O)COc1ccccc1-c1ccccc1. The number of amides is 2. The largest absolute Gasteiger partial charge is 0.484 e. The predicted molar refractivity (Wildman–Crippen MR) is 131 cm³/mol. The van der Waals surface area contributed by atoms with Crippen LogP contribution in [-0.2, 0) is 9.59 Å². The van der Waals surface area contributed by atoms with Crippen LogP contribution in [0, 0.1) is 0 Å². The van der Waals surface area contributed by atoms with Crippen LogP contribution in [-0.4, -0.2) is 25.0 Å². The van der Waals surface area contributed by atoms with Crippen molar-refractivity contribution in [3.05, 3.63) is 109 Å². The summed E-state index contributed by atoms with van der Waals surface area (Å²) in [6.45, 7) is -0.478. The first-order valence-corrected chi connectivity index (χ1v) is 10.8. The maximum Gasteiger partial charge on any atom is 0.276 e. The molecule has 0 aromatic heterocycles. The van der Waals surface area contributed by atoms with E-state index in [4.69, 9.17) is 9.47 Å². The predicted octanol–water partition coefficient (Wildman–Crippen LogP) is 4.63. The number of hydrazine groups is 1. The lowest BCUT2D eigenvalue weighted by molar-refractivity contribution is -0.131. The van der Waals surface area contributed by atoms with E-state index in [9.17, 15) is 9.59 Å². The third kappa shape index (κ3) is 6.23. The standard InChI is InChI=1S/C28H24N2O4/c31-27(19-33-24-17-15-22(16-18-24)21-9-3-1-4-10-21)29-30-28(32)20-34-26-14-8-7-13-25(26)23-11-5-2-6-12-23/h1-18H,19-20H2,(H,29,31)(H,30,32). The molecule has 6 nitrogen and oxygen atoms in total. The Labute approximate surface area is 198 Å². The molecule has 4 aromatic carbocycles. The topological polar surface area (TPSA) is 76.7 Å². The number of ether oxygens (including phenoxy) is 2. The summed E-state index contributed by atoms with van der Waals surface area (Å²) in [4.78, 5) is 24.2. The van der Waals surface area contributed by atoms with Gasteiger partial charge in [-0.15, -0.1) is 0 Å². The Morgan fingerprint density at radius 1 is 0.529 bits per heavy atom. The number of hydrogen-bond donors (Lipinski definition) is 2. The number of nitrogens with one attached hydrogen (secondary N) is 2. The smallest absolute Gasteiger partial charge is 0.276 e. The minimum atomic E-state index is -0.483. The van der Waals surface area contributed by atoms with Crippen LogP contribution in [0.1, 0.15) is 0 Å². The number of rotatable bonds is 8. The molecule has 0 aliphatic rings. The molecule has 170 valence electrons. The van der Waals surface area contributed by atoms with E-state index in [1.165, 1.54) is 0 Å². The fraction of sp³-hybridized carbons (Fsp3) is 0.0714. The van der Waals surface area contributed by atoms with Gasteiger partial charge in [0.05, 0.1) is 0 Å². The summed E-state index contributed by atoms with van der Waals surface area (Å²) in [6.07, 6.45) is 0.